The van der Waals surface area contributed by atoms with Crippen LogP contribution in [0.1, 0.15) is 31.4 Å². The van der Waals surface area contributed by atoms with Crippen LogP contribution in [0.15, 0.2) is 83.6 Å². The van der Waals surface area contributed by atoms with Gasteiger partial charge >= 0.3 is 5.97 Å². The molecule has 0 spiro atoms. The molecule has 138 valence electrons. The third-order valence-electron chi connectivity index (χ3n) is 4.34. The molecule has 0 aromatic heterocycles. The average molecular weight is 360 g/mol. The Labute approximate surface area is 160 Å². The largest absolute Gasteiger partial charge is 0.463 e. The third-order valence-corrected chi connectivity index (χ3v) is 4.34. The van der Waals surface area contributed by atoms with E-state index in [9.17, 15) is 4.79 Å². The number of carbonyl (C=O) groups is 1. The van der Waals surface area contributed by atoms with Gasteiger partial charge in [0, 0.05) is 18.2 Å². The number of hydrogen-bond acceptors (Lipinski definition) is 4. The Morgan fingerprint density at radius 1 is 1.15 bits per heavy atom. The van der Waals surface area contributed by atoms with Crippen LogP contribution in [0, 0.1) is 0 Å². The Balaban J connectivity index is 1.86. The predicted octanol–water partition coefficient (Wildman–Crippen LogP) is 4.65. The number of benzene rings is 2. The summed E-state index contributed by atoms with van der Waals surface area (Å²) in [6.45, 7) is 4.05. The fourth-order valence-electron chi connectivity index (χ4n) is 3.03. The Morgan fingerprint density at radius 2 is 1.81 bits per heavy atom. The normalized spacial score (nSPS) is 17.3. The molecule has 1 unspecified atom stereocenters. The third kappa shape index (κ3) is 4.94. The molecule has 0 aliphatic carbocycles. The Kier molecular flexibility index (Phi) is 6.21. The van der Waals surface area contributed by atoms with Crippen LogP contribution in [0.25, 0.3) is 6.08 Å². The summed E-state index contributed by atoms with van der Waals surface area (Å²) in [5.41, 5.74) is 4.01. The van der Waals surface area contributed by atoms with Crippen LogP contribution >= 0.6 is 0 Å². The van der Waals surface area contributed by atoms with Crippen LogP contribution < -0.4 is 0 Å². The van der Waals surface area contributed by atoms with Crippen LogP contribution in [-0.2, 0) is 9.53 Å². The molecule has 2 aromatic carbocycles. The van der Waals surface area contributed by atoms with Gasteiger partial charge in [-0.1, -0.05) is 72.8 Å². The lowest BCUT2D eigenvalue weighted by atomic mass is 10.0. The van der Waals surface area contributed by atoms with E-state index in [0.717, 1.165) is 29.0 Å². The number of esters is 1. The molecule has 4 nitrogen and oxygen atoms in total. The molecule has 0 fully saturated rings. The zero-order chi connectivity index (χ0) is 19.1. The van der Waals surface area contributed by atoms with E-state index >= 15 is 0 Å². The van der Waals surface area contributed by atoms with Crippen molar-refractivity contribution < 1.29 is 9.53 Å². The maximum absolute atomic E-state index is 11.9. The fraction of sp³-hybridized carbons (Fsp3) is 0.217. The first-order valence-corrected chi connectivity index (χ1v) is 9.18. The molecule has 1 aliphatic rings. The highest BCUT2D eigenvalue weighted by atomic mass is 16.5. The van der Waals surface area contributed by atoms with Gasteiger partial charge in [0.15, 0.2) is 0 Å². The highest BCUT2D eigenvalue weighted by Crippen LogP contribution is 2.25. The van der Waals surface area contributed by atoms with Gasteiger partial charge < -0.3 is 4.74 Å². The van der Waals surface area contributed by atoms with Gasteiger partial charge in [-0.3, -0.25) is 5.01 Å². The number of ether oxygens (including phenoxy) is 1. The first-order chi connectivity index (χ1) is 13.2. The monoisotopic (exact) mass is 360 g/mol. The number of hydrogen-bond donors (Lipinski definition) is 0. The van der Waals surface area contributed by atoms with Gasteiger partial charge in [-0.25, -0.2) is 4.79 Å². The first-order valence-electron chi connectivity index (χ1n) is 9.18. The van der Waals surface area contributed by atoms with Gasteiger partial charge in [-0.05, 0) is 25.0 Å². The summed E-state index contributed by atoms with van der Waals surface area (Å²) in [5, 5.41) is 6.69. The number of allylic oxidation sites excluding steroid dienone is 1. The highest BCUT2D eigenvalue weighted by molar-refractivity contribution is 6.02. The van der Waals surface area contributed by atoms with E-state index in [1.54, 1.807) is 6.92 Å². The second-order valence-corrected chi connectivity index (χ2v) is 6.34. The fourth-order valence-corrected chi connectivity index (χ4v) is 3.03. The molecule has 0 radical (unpaired) electrons. The summed E-state index contributed by atoms with van der Waals surface area (Å²) >= 11 is 0. The number of hydrazone groups is 1. The molecule has 0 bridgehead atoms. The van der Waals surface area contributed by atoms with Gasteiger partial charge in [0.25, 0.3) is 0 Å². The minimum Gasteiger partial charge on any atom is -0.463 e. The van der Waals surface area contributed by atoms with Crippen LogP contribution in [0.3, 0.4) is 0 Å². The molecule has 1 heterocycles. The van der Waals surface area contributed by atoms with E-state index in [1.165, 1.54) is 6.08 Å². The molecule has 4 heteroatoms. The molecule has 1 aliphatic heterocycles. The van der Waals surface area contributed by atoms with E-state index in [-0.39, 0.29) is 12.0 Å². The maximum Gasteiger partial charge on any atom is 0.332 e. The van der Waals surface area contributed by atoms with Gasteiger partial charge in [0.2, 0.25) is 0 Å². The smallest absolute Gasteiger partial charge is 0.332 e. The molecular weight excluding hydrogens is 336 g/mol. The topological polar surface area (TPSA) is 41.9 Å². The predicted molar refractivity (Wildman–Crippen MR) is 109 cm³/mol. The molecule has 0 saturated heterocycles. The quantitative estimate of drug-likeness (QED) is 0.556. The number of rotatable bonds is 6. The SMILES string of the molecule is CCOC(=O)/C=C(\C)N1N=C(c2ccccc2)CC1/C=C/c1ccccc1. The van der Waals surface area contributed by atoms with Crippen molar-refractivity contribution in [3.63, 3.8) is 0 Å². The van der Waals surface area contributed by atoms with E-state index in [2.05, 4.69) is 36.4 Å². The lowest BCUT2D eigenvalue weighted by molar-refractivity contribution is -0.137. The lowest BCUT2D eigenvalue weighted by Crippen LogP contribution is -2.23. The minimum absolute atomic E-state index is 0.0473. The molecule has 0 N–H and O–H groups in total. The highest BCUT2D eigenvalue weighted by Gasteiger charge is 2.26. The minimum atomic E-state index is -0.343. The van der Waals surface area contributed by atoms with Crippen LogP contribution in [-0.4, -0.2) is 29.3 Å². The standard InChI is InChI=1S/C23H24N2O2/c1-3-27-23(26)16-18(2)25-21(15-14-19-10-6-4-7-11-19)17-22(24-25)20-12-8-5-9-13-20/h4-16,21H,3,17H2,1-2H3/b15-14+,18-16+. The van der Waals surface area contributed by atoms with Gasteiger partial charge in [-0.15, -0.1) is 0 Å². The Morgan fingerprint density at radius 3 is 2.48 bits per heavy atom. The van der Waals surface area contributed by atoms with Crippen molar-refractivity contribution in [2.24, 2.45) is 5.10 Å². The van der Waals surface area contributed by atoms with Crippen molar-refractivity contribution in [2.75, 3.05) is 6.61 Å². The van der Waals surface area contributed by atoms with E-state index in [1.807, 2.05) is 48.3 Å². The van der Waals surface area contributed by atoms with Crippen molar-refractivity contribution in [1.82, 2.24) is 5.01 Å². The van der Waals surface area contributed by atoms with E-state index < -0.39 is 0 Å². The van der Waals surface area contributed by atoms with Gasteiger partial charge in [-0.2, -0.15) is 5.10 Å². The molecule has 27 heavy (non-hydrogen) atoms. The van der Waals surface area contributed by atoms with E-state index in [0.29, 0.717) is 6.61 Å². The Bertz CT molecular complexity index is 854. The molecule has 0 saturated carbocycles. The number of carbonyl (C=O) groups excluding carboxylic acids is 1. The molecule has 0 amide bonds. The second kappa shape index (κ2) is 8.99. The summed E-state index contributed by atoms with van der Waals surface area (Å²) in [6.07, 6.45) is 6.52. The first kappa shape index (κ1) is 18.6. The summed E-state index contributed by atoms with van der Waals surface area (Å²) in [6, 6.07) is 20.4. The van der Waals surface area contributed by atoms with E-state index in [4.69, 9.17) is 9.84 Å². The van der Waals surface area contributed by atoms with Crippen molar-refractivity contribution in [1.29, 1.82) is 0 Å². The zero-order valence-corrected chi connectivity index (χ0v) is 15.7. The van der Waals surface area contributed by atoms with Crippen molar-refractivity contribution in [2.45, 2.75) is 26.3 Å². The molecule has 1 atom stereocenters. The lowest BCUT2D eigenvalue weighted by Gasteiger charge is -2.21. The number of nitrogens with zero attached hydrogens (tertiary/aromatic N) is 2. The average Bonchev–Trinajstić information content (AvgIpc) is 3.12. The van der Waals surface area contributed by atoms with Gasteiger partial charge in [0.1, 0.15) is 0 Å². The van der Waals surface area contributed by atoms with Crippen LogP contribution in [0.5, 0.6) is 0 Å². The summed E-state index contributed by atoms with van der Waals surface area (Å²) < 4.78 is 5.04. The molecular formula is C23H24N2O2. The summed E-state index contributed by atoms with van der Waals surface area (Å²) in [5.74, 6) is -0.343. The summed E-state index contributed by atoms with van der Waals surface area (Å²) in [4.78, 5) is 11.9. The van der Waals surface area contributed by atoms with Crippen molar-refractivity contribution in [3.8, 4) is 0 Å². The molecule has 3 rings (SSSR count). The van der Waals surface area contributed by atoms with Crippen molar-refractivity contribution >= 4 is 17.8 Å². The van der Waals surface area contributed by atoms with Crippen LogP contribution in [0.2, 0.25) is 0 Å². The van der Waals surface area contributed by atoms with Crippen LogP contribution in [0.4, 0.5) is 0 Å². The Hall–Kier alpha value is -3.14. The summed E-state index contributed by atoms with van der Waals surface area (Å²) in [7, 11) is 0. The maximum atomic E-state index is 11.9. The van der Waals surface area contributed by atoms with Crippen molar-refractivity contribution in [3.05, 3.63) is 89.6 Å². The zero-order valence-electron chi connectivity index (χ0n) is 15.7. The molecule has 2 aromatic rings. The van der Waals surface area contributed by atoms with Gasteiger partial charge in [0.05, 0.1) is 18.4 Å². The second-order valence-electron chi connectivity index (χ2n) is 6.34.